The van der Waals surface area contributed by atoms with Crippen LogP contribution in [0.3, 0.4) is 0 Å². The van der Waals surface area contributed by atoms with Crippen LogP contribution in [0.2, 0.25) is 0 Å². The Morgan fingerprint density at radius 2 is 1.81 bits per heavy atom. The first-order valence-corrected chi connectivity index (χ1v) is 8.86. The summed E-state index contributed by atoms with van der Waals surface area (Å²) in [6.07, 6.45) is 5.88. The van der Waals surface area contributed by atoms with Crippen molar-refractivity contribution < 1.29 is 4.74 Å². The molecule has 0 saturated heterocycles. The fourth-order valence-electron chi connectivity index (χ4n) is 2.61. The molecule has 26 heavy (non-hydrogen) atoms. The van der Waals surface area contributed by atoms with Crippen LogP contribution in [-0.4, -0.2) is 27.6 Å². The van der Waals surface area contributed by atoms with Crippen LogP contribution in [0.25, 0.3) is 11.3 Å². The molecule has 6 nitrogen and oxygen atoms in total. The number of rotatable bonds is 7. The Bertz CT molecular complexity index is 863. The Morgan fingerprint density at radius 1 is 1.04 bits per heavy atom. The number of nitrogens with zero attached hydrogens (tertiary/aromatic N) is 3. The van der Waals surface area contributed by atoms with Gasteiger partial charge in [-0.1, -0.05) is 0 Å². The molecular formula is C20H21N5O. The van der Waals surface area contributed by atoms with Gasteiger partial charge < -0.3 is 15.4 Å². The fraction of sp³-hybridized carbons (Fsp3) is 0.250. The quantitative estimate of drug-likeness (QED) is 0.665. The zero-order valence-electron chi connectivity index (χ0n) is 14.6. The Balaban J connectivity index is 1.61. The topological polar surface area (TPSA) is 72.0 Å². The first-order chi connectivity index (χ1) is 12.8. The van der Waals surface area contributed by atoms with Gasteiger partial charge in [-0.3, -0.25) is 4.98 Å². The average Bonchev–Trinajstić information content (AvgIpc) is 3.48. The maximum Gasteiger partial charge on any atom is 0.225 e. The van der Waals surface area contributed by atoms with E-state index in [-0.39, 0.29) is 0 Å². The molecule has 132 valence electrons. The Kier molecular flexibility index (Phi) is 4.64. The lowest BCUT2D eigenvalue weighted by Crippen LogP contribution is -2.07. The summed E-state index contributed by atoms with van der Waals surface area (Å²) in [4.78, 5) is 13.3. The molecule has 0 amide bonds. The van der Waals surface area contributed by atoms with Gasteiger partial charge in [0.25, 0.3) is 0 Å². The Morgan fingerprint density at radius 3 is 2.50 bits per heavy atom. The maximum atomic E-state index is 5.49. The van der Waals surface area contributed by atoms with Crippen LogP contribution in [0.5, 0.6) is 5.75 Å². The summed E-state index contributed by atoms with van der Waals surface area (Å²) in [6.45, 7) is 2.63. The normalized spacial score (nSPS) is 13.3. The molecule has 0 radical (unpaired) electrons. The molecule has 0 spiro atoms. The molecule has 0 atom stereocenters. The summed E-state index contributed by atoms with van der Waals surface area (Å²) in [5.74, 6) is 2.25. The van der Waals surface area contributed by atoms with Gasteiger partial charge in [0.05, 0.1) is 12.3 Å². The van der Waals surface area contributed by atoms with Gasteiger partial charge in [-0.05, 0) is 56.2 Å². The van der Waals surface area contributed by atoms with Gasteiger partial charge in [-0.2, -0.15) is 4.98 Å². The molecule has 6 heteroatoms. The second kappa shape index (κ2) is 7.39. The lowest BCUT2D eigenvalue weighted by molar-refractivity contribution is 0.340. The van der Waals surface area contributed by atoms with E-state index in [1.54, 1.807) is 12.4 Å². The number of aromatic nitrogens is 3. The molecular weight excluding hydrogens is 326 g/mol. The van der Waals surface area contributed by atoms with E-state index in [1.807, 2.05) is 49.4 Å². The number of hydrogen-bond donors (Lipinski definition) is 2. The molecule has 0 unspecified atom stereocenters. The van der Waals surface area contributed by atoms with E-state index in [9.17, 15) is 0 Å². The van der Waals surface area contributed by atoms with E-state index in [4.69, 9.17) is 4.74 Å². The number of benzene rings is 1. The minimum absolute atomic E-state index is 0.487. The van der Waals surface area contributed by atoms with Crippen molar-refractivity contribution in [3.63, 3.8) is 0 Å². The van der Waals surface area contributed by atoms with Gasteiger partial charge in [-0.15, -0.1) is 0 Å². The summed E-state index contributed by atoms with van der Waals surface area (Å²) < 4.78 is 5.49. The van der Waals surface area contributed by atoms with E-state index in [0.29, 0.717) is 18.6 Å². The van der Waals surface area contributed by atoms with Gasteiger partial charge in [-0.25, -0.2) is 4.98 Å². The predicted molar refractivity (Wildman–Crippen MR) is 103 cm³/mol. The van der Waals surface area contributed by atoms with Crippen LogP contribution in [0.15, 0.2) is 54.9 Å². The van der Waals surface area contributed by atoms with E-state index >= 15 is 0 Å². The summed E-state index contributed by atoms with van der Waals surface area (Å²) in [5, 5.41) is 6.74. The first-order valence-electron chi connectivity index (χ1n) is 8.86. The largest absolute Gasteiger partial charge is 0.494 e. The maximum absolute atomic E-state index is 5.49. The molecule has 2 heterocycles. The van der Waals surface area contributed by atoms with Crippen molar-refractivity contribution >= 4 is 17.5 Å². The van der Waals surface area contributed by atoms with Crippen LogP contribution in [0, 0.1) is 0 Å². The second-order valence-corrected chi connectivity index (χ2v) is 6.20. The second-order valence-electron chi connectivity index (χ2n) is 6.20. The van der Waals surface area contributed by atoms with Crippen LogP contribution in [-0.2, 0) is 0 Å². The molecule has 0 bridgehead atoms. The number of anilines is 3. The van der Waals surface area contributed by atoms with E-state index < -0.39 is 0 Å². The Hall–Kier alpha value is -3.15. The van der Waals surface area contributed by atoms with Gasteiger partial charge >= 0.3 is 0 Å². The number of hydrogen-bond acceptors (Lipinski definition) is 6. The summed E-state index contributed by atoms with van der Waals surface area (Å²) in [7, 11) is 0. The van der Waals surface area contributed by atoms with Crippen molar-refractivity contribution in [2.45, 2.75) is 25.8 Å². The minimum Gasteiger partial charge on any atom is -0.494 e. The van der Waals surface area contributed by atoms with Crippen molar-refractivity contribution in [3.05, 3.63) is 54.9 Å². The minimum atomic E-state index is 0.487. The molecule has 2 N–H and O–H groups in total. The number of ether oxygens (including phenoxy) is 1. The third-order valence-electron chi connectivity index (χ3n) is 4.05. The van der Waals surface area contributed by atoms with E-state index in [0.717, 1.165) is 28.5 Å². The number of nitrogens with one attached hydrogen (secondary N) is 2. The molecule has 4 rings (SSSR count). The standard InChI is InChI=1S/C20H21N5O/c1-2-26-17-7-5-15(6-8-17)22-19-13-18(14-9-11-21-12-10-14)24-20(25-19)23-16-3-4-16/h5-13,16H,2-4H2,1H3,(H2,22,23,24,25). The van der Waals surface area contributed by atoms with Crippen LogP contribution in [0.1, 0.15) is 19.8 Å². The van der Waals surface area contributed by atoms with Gasteiger partial charge in [0, 0.05) is 35.8 Å². The lowest BCUT2D eigenvalue weighted by atomic mass is 10.2. The van der Waals surface area contributed by atoms with Crippen LogP contribution in [0.4, 0.5) is 17.5 Å². The summed E-state index contributed by atoms with van der Waals surface area (Å²) in [5.41, 5.74) is 2.82. The lowest BCUT2D eigenvalue weighted by Gasteiger charge is -2.11. The van der Waals surface area contributed by atoms with Crippen LogP contribution >= 0.6 is 0 Å². The van der Waals surface area contributed by atoms with Gasteiger partial charge in [0.15, 0.2) is 0 Å². The van der Waals surface area contributed by atoms with Crippen molar-refractivity contribution in [1.82, 2.24) is 15.0 Å². The monoisotopic (exact) mass is 347 g/mol. The predicted octanol–water partition coefficient (Wildman–Crippen LogP) is 4.26. The van der Waals surface area contributed by atoms with Crippen molar-refractivity contribution in [2.24, 2.45) is 0 Å². The van der Waals surface area contributed by atoms with Crippen LogP contribution < -0.4 is 15.4 Å². The summed E-state index contributed by atoms with van der Waals surface area (Å²) in [6, 6.07) is 14.2. The summed E-state index contributed by atoms with van der Waals surface area (Å²) >= 11 is 0. The number of pyridine rings is 1. The molecule has 2 aromatic heterocycles. The zero-order valence-corrected chi connectivity index (χ0v) is 14.6. The highest BCUT2D eigenvalue weighted by molar-refractivity contribution is 5.67. The average molecular weight is 347 g/mol. The Labute approximate surface area is 152 Å². The van der Waals surface area contributed by atoms with Gasteiger partial charge in [0.1, 0.15) is 11.6 Å². The van der Waals surface area contributed by atoms with Gasteiger partial charge in [0.2, 0.25) is 5.95 Å². The molecule has 3 aromatic rings. The van der Waals surface area contributed by atoms with Crippen molar-refractivity contribution in [3.8, 4) is 17.0 Å². The molecule has 1 aliphatic rings. The molecule has 1 fully saturated rings. The third-order valence-corrected chi connectivity index (χ3v) is 4.05. The van der Waals surface area contributed by atoms with Crippen molar-refractivity contribution in [1.29, 1.82) is 0 Å². The third kappa shape index (κ3) is 4.08. The highest BCUT2D eigenvalue weighted by atomic mass is 16.5. The molecule has 1 aliphatic carbocycles. The highest BCUT2D eigenvalue weighted by Crippen LogP contribution is 2.27. The smallest absolute Gasteiger partial charge is 0.225 e. The highest BCUT2D eigenvalue weighted by Gasteiger charge is 2.22. The first kappa shape index (κ1) is 16.3. The van der Waals surface area contributed by atoms with E-state index in [1.165, 1.54) is 12.8 Å². The molecule has 1 saturated carbocycles. The SMILES string of the molecule is CCOc1ccc(Nc2cc(-c3ccncc3)nc(NC3CC3)n2)cc1. The molecule has 0 aliphatic heterocycles. The fourth-order valence-corrected chi connectivity index (χ4v) is 2.61. The van der Waals surface area contributed by atoms with Crippen molar-refractivity contribution in [2.75, 3.05) is 17.2 Å². The van der Waals surface area contributed by atoms with E-state index in [2.05, 4.69) is 25.6 Å². The molecule has 1 aromatic carbocycles. The zero-order chi connectivity index (χ0) is 17.8.